The van der Waals surface area contributed by atoms with Crippen LogP contribution in [0.15, 0.2) is 24.5 Å². The number of imidazole rings is 1. The molecule has 1 aliphatic carbocycles. The Kier molecular flexibility index (Phi) is 3.51. The zero-order valence-corrected chi connectivity index (χ0v) is 12.9. The number of nitrogens with two attached hydrogens (primary N) is 1. The zero-order chi connectivity index (χ0) is 15.1. The van der Waals surface area contributed by atoms with Gasteiger partial charge in [0.15, 0.2) is 0 Å². The van der Waals surface area contributed by atoms with Crippen molar-refractivity contribution in [1.82, 2.24) is 14.7 Å². The number of nitrogens with one attached hydrogen (secondary N) is 1. The molecule has 0 aromatic carbocycles. The molecular weight excluding hydrogens is 288 g/mol. The number of primary sulfonamides is 1. The van der Waals surface area contributed by atoms with Gasteiger partial charge in [-0.15, -0.1) is 0 Å². The van der Waals surface area contributed by atoms with Crippen LogP contribution in [0.4, 0.5) is 0 Å². The second kappa shape index (κ2) is 5.08. The minimum absolute atomic E-state index is 0.388. The van der Waals surface area contributed by atoms with Gasteiger partial charge in [0.1, 0.15) is 5.65 Å². The lowest BCUT2D eigenvalue weighted by Gasteiger charge is -2.39. The predicted molar refractivity (Wildman–Crippen MR) is 81.3 cm³/mol. The van der Waals surface area contributed by atoms with Crippen molar-refractivity contribution in [2.45, 2.75) is 37.5 Å². The average molecular weight is 308 g/mol. The summed E-state index contributed by atoms with van der Waals surface area (Å²) in [4.78, 5) is 4.50. The Labute approximate surface area is 124 Å². The van der Waals surface area contributed by atoms with Crippen LogP contribution in [0.5, 0.6) is 0 Å². The van der Waals surface area contributed by atoms with E-state index in [9.17, 15) is 8.42 Å². The fraction of sp³-hybridized carbons (Fsp3) is 0.500. The Morgan fingerprint density at radius 3 is 2.76 bits per heavy atom. The summed E-state index contributed by atoms with van der Waals surface area (Å²) in [6.07, 6.45) is 6.18. The van der Waals surface area contributed by atoms with Crippen LogP contribution < -0.4 is 10.5 Å². The number of aryl methyl sites for hydroxylation is 1. The number of pyridine rings is 1. The molecule has 7 heteroatoms. The van der Waals surface area contributed by atoms with E-state index in [2.05, 4.69) is 10.3 Å². The van der Waals surface area contributed by atoms with Crippen LogP contribution in [-0.4, -0.2) is 29.1 Å². The van der Waals surface area contributed by atoms with Crippen LogP contribution in [0.25, 0.3) is 5.65 Å². The van der Waals surface area contributed by atoms with Gasteiger partial charge < -0.3 is 9.72 Å². The van der Waals surface area contributed by atoms with Crippen LogP contribution in [-0.2, 0) is 16.6 Å². The number of hydrogen-bond donors (Lipinski definition) is 2. The van der Waals surface area contributed by atoms with Crippen LogP contribution in [0.2, 0.25) is 0 Å². The molecule has 2 aromatic heterocycles. The molecule has 1 aliphatic rings. The number of sulfonamides is 1. The SMILES string of the molecule is Cc1ccc2nc(CNCC3(S(N)(=O)=O)CCC3)cn2c1. The summed E-state index contributed by atoms with van der Waals surface area (Å²) < 4.78 is 24.6. The molecule has 0 unspecified atom stereocenters. The van der Waals surface area contributed by atoms with Crippen molar-refractivity contribution in [1.29, 1.82) is 0 Å². The number of fused-ring (bicyclic) bond motifs is 1. The highest BCUT2D eigenvalue weighted by atomic mass is 32.2. The number of hydrogen-bond acceptors (Lipinski definition) is 4. The van der Waals surface area contributed by atoms with Gasteiger partial charge in [0.2, 0.25) is 10.0 Å². The van der Waals surface area contributed by atoms with E-state index in [1.54, 1.807) is 0 Å². The molecule has 0 radical (unpaired) electrons. The van der Waals surface area contributed by atoms with Gasteiger partial charge in [0, 0.05) is 25.5 Å². The van der Waals surface area contributed by atoms with Crippen molar-refractivity contribution in [3.8, 4) is 0 Å². The van der Waals surface area contributed by atoms with E-state index in [4.69, 9.17) is 5.14 Å². The van der Waals surface area contributed by atoms with E-state index < -0.39 is 14.8 Å². The number of nitrogens with zero attached hydrogens (tertiary/aromatic N) is 2. The molecule has 0 bridgehead atoms. The summed E-state index contributed by atoms with van der Waals surface area (Å²) >= 11 is 0. The molecule has 1 saturated carbocycles. The second-order valence-electron chi connectivity index (χ2n) is 5.89. The molecule has 1 fully saturated rings. The van der Waals surface area contributed by atoms with E-state index in [-0.39, 0.29) is 0 Å². The van der Waals surface area contributed by atoms with Gasteiger partial charge in [-0.1, -0.05) is 12.5 Å². The van der Waals surface area contributed by atoms with Gasteiger partial charge >= 0.3 is 0 Å². The quantitative estimate of drug-likeness (QED) is 0.860. The lowest BCUT2D eigenvalue weighted by Crippen LogP contribution is -2.55. The smallest absolute Gasteiger partial charge is 0.216 e. The van der Waals surface area contributed by atoms with Gasteiger partial charge in [-0.25, -0.2) is 18.5 Å². The third-order valence-corrected chi connectivity index (χ3v) is 6.03. The maximum atomic E-state index is 11.7. The minimum Gasteiger partial charge on any atom is -0.309 e. The summed E-state index contributed by atoms with van der Waals surface area (Å²) in [6, 6.07) is 3.99. The first-order valence-corrected chi connectivity index (χ1v) is 8.62. The average Bonchev–Trinajstić information content (AvgIpc) is 2.72. The Morgan fingerprint density at radius 1 is 1.38 bits per heavy atom. The molecule has 114 valence electrons. The molecular formula is C14H20N4O2S. The monoisotopic (exact) mass is 308 g/mol. The Hall–Kier alpha value is -1.44. The van der Waals surface area contributed by atoms with Gasteiger partial charge in [-0.3, -0.25) is 0 Å². The largest absolute Gasteiger partial charge is 0.309 e. The maximum absolute atomic E-state index is 11.7. The minimum atomic E-state index is -3.50. The number of rotatable bonds is 5. The lowest BCUT2D eigenvalue weighted by atomic mass is 9.84. The molecule has 3 rings (SSSR count). The van der Waals surface area contributed by atoms with Crippen molar-refractivity contribution in [2.24, 2.45) is 5.14 Å². The Balaban J connectivity index is 1.67. The van der Waals surface area contributed by atoms with Crippen molar-refractivity contribution in [3.63, 3.8) is 0 Å². The molecule has 0 atom stereocenters. The molecule has 6 nitrogen and oxygen atoms in total. The van der Waals surface area contributed by atoms with Crippen molar-refractivity contribution in [3.05, 3.63) is 35.8 Å². The van der Waals surface area contributed by atoms with E-state index in [1.807, 2.05) is 35.9 Å². The molecule has 0 aliphatic heterocycles. The molecule has 3 N–H and O–H groups in total. The first kappa shape index (κ1) is 14.5. The second-order valence-corrected chi connectivity index (χ2v) is 7.85. The standard InChI is InChI=1S/C14H20N4O2S/c1-11-3-4-13-17-12(9-18(13)8-11)7-16-10-14(5-2-6-14)21(15,19)20/h3-4,8-9,16H,2,5-7,10H2,1H3,(H2,15,19,20). The highest BCUT2D eigenvalue weighted by Gasteiger charge is 2.46. The van der Waals surface area contributed by atoms with E-state index in [0.29, 0.717) is 25.9 Å². The van der Waals surface area contributed by atoms with E-state index in [0.717, 1.165) is 17.8 Å². The van der Waals surface area contributed by atoms with Crippen LogP contribution in [0.1, 0.15) is 30.5 Å². The van der Waals surface area contributed by atoms with Crippen molar-refractivity contribution in [2.75, 3.05) is 6.54 Å². The Bertz CT molecular complexity index is 762. The highest BCUT2D eigenvalue weighted by molar-refractivity contribution is 7.90. The summed E-state index contributed by atoms with van der Waals surface area (Å²) in [5.41, 5.74) is 2.95. The number of aromatic nitrogens is 2. The van der Waals surface area contributed by atoms with Gasteiger partial charge in [-0.05, 0) is 31.4 Å². The fourth-order valence-electron chi connectivity index (χ4n) is 2.79. The molecule has 0 spiro atoms. The summed E-state index contributed by atoms with van der Waals surface area (Å²) in [6.45, 7) is 2.96. The normalized spacial score (nSPS) is 17.8. The first-order chi connectivity index (χ1) is 9.90. The third kappa shape index (κ3) is 2.68. The molecule has 21 heavy (non-hydrogen) atoms. The molecule has 0 amide bonds. The molecule has 2 heterocycles. The van der Waals surface area contributed by atoms with E-state index in [1.165, 1.54) is 5.56 Å². The summed E-state index contributed by atoms with van der Waals surface area (Å²) in [7, 11) is -3.50. The fourth-order valence-corrected chi connectivity index (χ4v) is 3.95. The summed E-state index contributed by atoms with van der Waals surface area (Å²) in [5, 5.41) is 8.54. The molecule has 0 saturated heterocycles. The zero-order valence-electron chi connectivity index (χ0n) is 12.0. The van der Waals surface area contributed by atoms with Crippen molar-refractivity contribution >= 4 is 15.7 Å². The third-order valence-electron chi connectivity index (χ3n) is 4.27. The molecule has 2 aromatic rings. The van der Waals surface area contributed by atoms with Crippen LogP contribution >= 0.6 is 0 Å². The summed E-state index contributed by atoms with van der Waals surface area (Å²) in [5.74, 6) is 0. The Morgan fingerprint density at radius 2 is 2.14 bits per heavy atom. The van der Waals surface area contributed by atoms with Gasteiger partial charge in [-0.2, -0.15) is 0 Å². The van der Waals surface area contributed by atoms with Crippen LogP contribution in [0, 0.1) is 6.92 Å². The maximum Gasteiger partial charge on any atom is 0.216 e. The topological polar surface area (TPSA) is 89.5 Å². The highest BCUT2D eigenvalue weighted by Crippen LogP contribution is 2.37. The lowest BCUT2D eigenvalue weighted by molar-refractivity contribution is 0.321. The first-order valence-electron chi connectivity index (χ1n) is 7.07. The predicted octanol–water partition coefficient (Wildman–Crippen LogP) is 0.944. The van der Waals surface area contributed by atoms with Crippen LogP contribution in [0.3, 0.4) is 0 Å². The van der Waals surface area contributed by atoms with E-state index >= 15 is 0 Å². The van der Waals surface area contributed by atoms with Gasteiger partial charge in [0.05, 0.1) is 10.4 Å². The van der Waals surface area contributed by atoms with Gasteiger partial charge in [0.25, 0.3) is 0 Å². The van der Waals surface area contributed by atoms with Crippen molar-refractivity contribution < 1.29 is 8.42 Å².